The molecule has 0 radical (unpaired) electrons. The number of halogens is 1. The molecule has 0 aliphatic carbocycles. The number of rotatable bonds is 4. The lowest BCUT2D eigenvalue weighted by molar-refractivity contribution is 0.699. The van der Waals surface area contributed by atoms with Gasteiger partial charge in [0.1, 0.15) is 0 Å². The molecule has 0 amide bonds. The van der Waals surface area contributed by atoms with Crippen LogP contribution in [0.5, 0.6) is 0 Å². The molecule has 4 rings (SSSR count). The van der Waals surface area contributed by atoms with E-state index in [9.17, 15) is 0 Å². The zero-order valence-corrected chi connectivity index (χ0v) is 13.9. The Balaban J connectivity index is 1.75. The lowest BCUT2D eigenvalue weighted by Gasteiger charge is -2.07. The van der Waals surface area contributed by atoms with E-state index in [1.54, 1.807) is 6.21 Å². The summed E-state index contributed by atoms with van der Waals surface area (Å²) in [5, 5.41) is 16.8. The number of nitrogens with two attached hydrogens (primary N) is 1. The van der Waals surface area contributed by atoms with Crippen LogP contribution in [0.3, 0.4) is 0 Å². The molecule has 0 unspecified atom stereocenters. The molecule has 4 aromatic rings. The van der Waals surface area contributed by atoms with Crippen molar-refractivity contribution in [2.75, 3.05) is 5.73 Å². The van der Waals surface area contributed by atoms with Crippen molar-refractivity contribution in [2.24, 2.45) is 5.10 Å². The van der Waals surface area contributed by atoms with Crippen LogP contribution >= 0.6 is 11.6 Å². The minimum Gasteiger partial charge on any atom is -0.365 e. The van der Waals surface area contributed by atoms with E-state index in [0.29, 0.717) is 6.54 Å². The first-order valence-electron chi connectivity index (χ1n) is 7.62. The lowest BCUT2D eigenvalue weighted by Crippen LogP contribution is -2.00. The van der Waals surface area contributed by atoms with Crippen molar-refractivity contribution in [1.29, 1.82) is 0 Å². The number of hydrogen-bond acceptors (Lipinski definition) is 5. The average molecular weight is 352 g/mol. The van der Waals surface area contributed by atoms with E-state index in [0.717, 1.165) is 27.1 Å². The Labute approximate surface area is 148 Å². The summed E-state index contributed by atoms with van der Waals surface area (Å²) in [7, 11) is 0. The third-order valence-electron chi connectivity index (χ3n) is 3.90. The smallest absolute Gasteiger partial charge is 0.263 e. The van der Waals surface area contributed by atoms with Gasteiger partial charge in [0.05, 0.1) is 6.21 Å². The Morgan fingerprint density at radius 3 is 2.72 bits per heavy atom. The molecule has 0 atom stereocenters. The highest BCUT2D eigenvalue weighted by atomic mass is 35.5. The van der Waals surface area contributed by atoms with E-state index in [1.165, 1.54) is 4.79 Å². The van der Waals surface area contributed by atoms with Gasteiger partial charge in [0.25, 0.3) is 5.95 Å². The van der Waals surface area contributed by atoms with E-state index < -0.39 is 0 Å². The molecule has 0 spiro atoms. The van der Waals surface area contributed by atoms with Gasteiger partial charge in [-0.25, -0.2) is 0 Å². The molecule has 0 bridgehead atoms. The maximum absolute atomic E-state index is 6.30. The predicted molar refractivity (Wildman–Crippen MR) is 97.7 cm³/mol. The van der Waals surface area contributed by atoms with Gasteiger partial charge in [-0.1, -0.05) is 57.9 Å². The zero-order valence-electron chi connectivity index (χ0n) is 13.1. The van der Waals surface area contributed by atoms with Crippen LogP contribution < -0.4 is 5.73 Å². The highest BCUT2D eigenvalue weighted by Crippen LogP contribution is 2.23. The summed E-state index contributed by atoms with van der Waals surface area (Å²) in [6.45, 7) is 0.668. The second-order valence-corrected chi connectivity index (χ2v) is 5.90. The predicted octanol–water partition coefficient (Wildman–Crippen LogP) is 2.79. The van der Waals surface area contributed by atoms with Crippen molar-refractivity contribution in [3.63, 3.8) is 0 Å². The number of nitrogens with zero attached hydrogens (tertiary/aromatic N) is 6. The van der Waals surface area contributed by atoms with Crippen molar-refractivity contribution < 1.29 is 0 Å². The van der Waals surface area contributed by atoms with Crippen molar-refractivity contribution >= 4 is 34.7 Å². The zero-order chi connectivity index (χ0) is 17.2. The first-order chi connectivity index (χ1) is 12.2. The van der Waals surface area contributed by atoms with Crippen LogP contribution in [0, 0.1) is 0 Å². The largest absolute Gasteiger partial charge is 0.365 e. The van der Waals surface area contributed by atoms with Gasteiger partial charge >= 0.3 is 0 Å². The number of hydrogen-bond donors (Lipinski definition) is 1. The van der Waals surface area contributed by atoms with Crippen molar-refractivity contribution in [3.05, 3.63) is 70.9 Å². The van der Waals surface area contributed by atoms with Gasteiger partial charge in [-0.3, -0.25) is 0 Å². The Kier molecular flexibility index (Phi) is 3.91. The number of benzene rings is 2. The summed E-state index contributed by atoms with van der Waals surface area (Å²) in [4.78, 5) is 1.18. The van der Waals surface area contributed by atoms with Crippen LogP contribution in [0.25, 0.3) is 10.9 Å². The highest BCUT2D eigenvalue weighted by Gasteiger charge is 2.09. The molecular formula is C17H14ClN7. The topological polar surface area (TPSA) is 86.9 Å². The van der Waals surface area contributed by atoms with Gasteiger partial charge < -0.3 is 10.3 Å². The van der Waals surface area contributed by atoms with E-state index in [1.807, 2.05) is 48.7 Å². The fourth-order valence-corrected chi connectivity index (χ4v) is 2.90. The Hall–Kier alpha value is -3.19. The molecule has 2 aromatic heterocycles. The Bertz CT molecular complexity index is 1060. The van der Waals surface area contributed by atoms with Gasteiger partial charge in [-0.2, -0.15) is 5.10 Å². The molecule has 2 aromatic carbocycles. The fraction of sp³-hybridized carbons (Fsp3) is 0.0588. The molecule has 8 heteroatoms. The fourth-order valence-electron chi connectivity index (χ4n) is 2.71. The monoisotopic (exact) mass is 351 g/mol. The minimum absolute atomic E-state index is 0.135. The number of anilines is 1. The van der Waals surface area contributed by atoms with Crippen molar-refractivity contribution in [2.45, 2.75) is 6.54 Å². The van der Waals surface area contributed by atoms with E-state index in [-0.39, 0.29) is 5.95 Å². The molecular weight excluding hydrogens is 338 g/mol. The average Bonchev–Trinajstić information content (AvgIpc) is 3.19. The molecule has 0 aliphatic heterocycles. The molecule has 0 fully saturated rings. The number of aromatic nitrogens is 5. The molecule has 0 saturated heterocycles. The van der Waals surface area contributed by atoms with E-state index >= 15 is 0 Å². The normalized spacial score (nSPS) is 11.6. The van der Waals surface area contributed by atoms with Crippen LogP contribution in [-0.2, 0) is 6.54 Å². The molecule has 2 N–H and O–H groups in total. The van der Waals surface area contributed by atoms with Crippen LogP contribution in [0.4, 0.5) is 5.95 Å². The third-order valence-corrected chi connectivity index (χ3v) is 4.27. The van der Waals surface area contributed by atoms with Gasteiger partial charge in [0, 0.05) is 34.2 Å². The summed E-state index contributed by atoms with van der Waals surface area (Å²) in [6, 6.07) is 15.9. The maximum atomic E-state index is 6.30. The standard InChI is InChI=1S/C17H14ClN7/c18-15-7-3-1-5-12(15)10-24-11-13(14-6-2-4-8-16(14)24)9-20-25-17(19)21-22-23-25/h1-9,11H,10H2,(H2,19,21,23)/b20-9+. The number of fused-ring (bicyclic) bond motifs is 1. The Morgan fingerprint density at radius 2 is 1.92 bits per heavy atom. The molecule has 2 heterocycles. The summed E-state index contributed by atoms with van der Waals surface area (Å²) in [5.41, 5.74) is 8.72. The summed E-state index contributed by atoms with van der Waals surface area (Å²) in [5.74, 6) is 0.135. The van der Waals surface area contributed by atoms with Gasteiger partial charge in [-0.15, -0.1) is 0 Å². The first-order valence-corrected chi connectivity index (χ1v) is 7.99. The number of tetrazole rings is 1. The van der Waals surface area contributed by atoms with Gasteiger partial charge in [0.15, 0.2) is 0 Å². The second-order valence-electron chi connectivity index (χ2n) is 5.49. The van der Waals surface area contributed by atoms with Crippen LogP contribution in [0.2, 0.25) is 5.02 Å². The summed E-state index contributed by atoms with van der Waals surface area (Å²) in [6.07, 6.45) is 3.72. The van der Waals surface area contributed by atoms with Gasteiger partial charge in [-0.05, 0) is 28.1 Å². The van der Waals surface area contributed by atoms with Crippen LogP contribution in [0.1, 0.15) is 11.1 Å². The SMILES string of the molecule is Nc1nnnn1/N=C/c1cn(Cc2ccccc2Cl)c2ccccc12. The molecule has 25 heavy (non-hydrogen) atoms. The molecule has 124 valence electrons. The van der Waals surface area contributed by atoms with E-state index in [4.69, 9.17) is 17.3 Å². The minimum atomic E-state index is 0.135. The number of para-hydroxylation sites is 1. The molecule has 7 nitrogen and oxygen atoms in total. The summed E-state index contributed by atoms with van der Waals surface area (Å²) >= 11 is 6.30. The quantitative estimate of drug-likeness (QED) is 0.573. The van der Waals surface area contributed by atoms with Gasteiger partial charge in [0.2, 0.25) is 0 Å². The van der Waals surface area contributed by atoms with Crippen molar-refractivity contribution in [3.8, 4) is 0 Å². The van der Waals surface area contributed by atoms with Crippen molar-refractivity contribution in [1.82, 2.24) is 24.9 Å². The number of nitrogen functional groups attached to an aromatic ring is 1. The Morgan fingerprint density at radius 1 is 1.12 bits per heavy atom. The third kappa shape index (κ3) is 2.97. The summed E-state index contributed by atoms with van der Waals surface area (Å²) < 4.78 is 2.14. The van der Waals surface area contributed by atoms with Crippen LogP contribution in [-0.4, -0.2) is 31.1 Å². The maximum Gasteiger partial charge on any atom is 0.263 e. The lowest BCUT2D eigenvalue weighted by atomic mass is 10.2. The highest BCUT2D eigenvalue weighted by molar-refractivity contribution is 6.31. The molecule has 0 saturated carbocycles. The van der Waals surface area contributed by atoms with E-state index in [2.05, 4.69) is 31.3 Å². The van der Waals surface area contributed by atoms with Crippen LogP contribution in [0.15, 0.2) is 59.8 Å². The first kappa shape index (κ1) is 15.3. The molecule has 0 aliphatic rings. The second kappa shape index (κ2) is 6.37.